The molecule has 7 heteroatoms. The van der Waals surface area contributed by atoms with E-state index in [0.29, 0.717) is 5.82 Å². The fraction of sp³-hybridized carbons (Fsp3) is 0.188. The smallest absolute Gasteiger partial charge is 0.320 e. The maximum Gasteiger partial charge on any atom is 0.320 e. The summed E-state index contributed by atoms with van der Waals surface area (Å²) in [7, 11) is 1.83. The van der Waals surface area contributed by atoms with Gasteiger partial charge >= 0.3 is 6.03 Å². The Labute approximate surface area is 132 Å². The molecule has 0 radical (unpaired) electrons. The fourth-order valence-corrected chi connectivity index (χ4v) is 2.30. The van der Waals surface area contributed by atoms with Gasteiger partial charge in [0.15, 0.2) is 0 Å². The van der Waals surface area contributed by atoms with E-state index in [0.717, 1.165) is 16.5 Å². The number of rotatable bonds is 3. The number of carbonyl (C=O) groups is 1. The summed E-state index contributed by atoms with van der Waals surface area (Å²) < 4.78 is 14.6. The molecule has 1 atom stereocenters. The average Bonchev–Trinajstić information content (AvgIpc) is 2.88. The second-order valence-corrected chi connectivity index (χ2v) is 5.27. The number of hydrogen-bond acceptors (Lipinski definition) is 3. The minimum absolute atomic E-state index is 0.252. The number of aryl methyl sites for hydroxylation is 1. The topological polar surface area (TPSA) is 71.8 Å². The first-order chi connectivity index (χ1) is 11.0. The molecule has 2 amide bonds. The molecule has 3 rings (SSSR count). The molecule has 0 aliphatic rings. The van der Waals surface area contributed by atoms with Crippen LogP contribution in [-0.2, 0) is 7.05 Å². The van der Waals surface area contributed by atoms with E-state index in [9.17, 15) is 9.18 Å². The van der Waals surface area contributed by atoms with E-state index in [4.69, 9.17) is 0 Å². The van der Waals surface area contributed by atoms with Gasteiger partial charge in [0.05, 0.1) is 24.0 Å². The maximum absolute atomic E-state index is 12.9. The third-order valence-corrected chi connectivity index (χ3v) is 3.59. The van der Waals surface area contributed by atoms with Crippen molar-refractivity contribution in [1.29, 1.82) is 0 Å². The highest BCUT2D eigenvalue weighted by Crippen LogP contribution is 2.16. The number of amides is 2. The normalized spacial score (nSPS) is 12.1. The van der Waals surface area contributed by atoms with E-state index in [-0.39, 0.29) is 17.9 Å². The molecule has 0 aliphatic heterocycles. The standard InChI is InChI=1S/C16H16FN5O/c1-10(11-3-5-13(17)6-4-11)20-16(23)21-15-7-12-8-19-22(2)14(12)9-18-15/h3-10H,1-2H3,(H2,18,20,21,23). The van der Waals surface area contributed by atoms with Crippen molar-refractivity contribution in [3.63, 3.8) is 0 Å². The van der Waals surface area contributed by atoms with Crippen molar-refractivity contribution in [2.45, 2.75) is 13.0 Å². The first-order valence-electron chi connectivity index (χ1n) is 7.13. The van der Waals surface area contributed by atoms with Crippen LogP contribution in [0.2, 0.25) is 0 Å². The zero-order valence-corrected chi connectivity index (χ0v) is 12.7. The van der Waals surface area contributed by atoms with Gasteiger partial charge in [-0.3, -0.25) is 10.00 Å². The second kappa shape index (κ2) is 6.04. The van der Waals surface area contributed by atoms with Crippen LogP contribution in [-0.4, -0.2) is 20.8 Å². The van der Waals surface area contributed by atoms with Gasteiger partial charge in [-0.15, -0.1) is 0 Å². The van der Waals surface area contributed by atoms with Crippen molar-refractivity contribution in [1.82, 2.24) is 20.1 Å². The Morgan fingerprint density at radius 3 is 2.74 bits per heavy atom. The number of hydrogen-bond donors (Lipinski definition) is 2. The van der Waals surface area contributed by atoms with Gasteiger partial charge < -0.3 is 5.32 Å². The molecule has 2 heterocycles. The SMILES string of the molecule is CC(NC(=O)Nc1cc2cnn(C)c2cn1)c1ccc(F)cc1. The Morgan fingerprint density at radius 2 is 2.00 bits per heavy atom. The van der Waals surface area contributed by atoms with Crippen LogP contribution in [0.4, 0.5) is 15.0 Å². The molecule has 1 aromatic carbocycles. The molecule has 1 unspecified atom stereocenters. The van der Waals surface area contributed by atoms with E-state index in [1.165, 1.54) is 12.1 Å². The van der Waals surface area contributed by atoms with Crippen molar-refractivity contribution in [3.05, 3.63) is 54.1 Å². The van der Waals surface area contributed by atoms with Gasteiger partial charge in [0, 0.05) is 12.4 Å². The van der Waals surface area contributed by atoms with E-state index < -0.39 is 0 Å². The number of pyridine rings is 1. The minimum Gasteiger partial charge on any atom is -0.331 e. The van der Waals surface area contributed by atoms with Crippen molar-refractivity contribution >= 4 is 22.8 Å². The number of carbonyl (C=O) groups excluding carboxylic acids is 1. The number of urea groups is 1. The fourth-order valence-electron chi connectivity index (χ4n) is 2.30. The molecule has 2 N–H and O–H groups in total. The van der Waals surface area contributed by atoms with Crippen LogP contribution in [0.1, 0.15) is 18.5 Å². The van der Waals surface area contributed by atoms with Gasteiger partial charge in [-0.05, 0) is 30.7 Å². The number of aromatic nitrogens is 3. The van der Waals surface area contributed by atoms with Crippen molar-refractivity contribution in [3.8, 4) is 0 Å². The van der Waals surface area contributed by atoms with Gasteiger partial charge in [0.1, 0.15) is 11.6 Å². The molecule has 3 aromatic rings. The highest BCUT2D eigenvalue weighted by atomic mass is 19.1. The first-order valence-corrected chi connectivity index (χ1v) is 7.13. The van der Waals surface area contributed by atoms with Crippen LogP contribution >= 0.6 is 0 Å². The van der Waals surface area contributed by atoms with Crippen LogP contribution in [0, 0.1) is 5.82 Å². The molecular weight excluding hydrogens is 297 g/mol. The lowest BCUT2D eigenvalue weighted by Gasteiger charge is -2.14. The Hall–Kier alpha value is -2.96. The highest BCUT2D eigenvalue weighted by molar-refractivity contribution is 5.91. The third-order valence-electron chi connectivity index (χ3n) is 3.59. The predicted octanol–water partition coefficient (Wildman–Crippen LogP) is 2.99. The molecule has 0 bridgehead atoms. The van der Waals surface area contributed by atoms with Gasteiger partial charge in [0.2, 0.25) is 0 Å². The van der Waals surface area contributed by atoms with Crippen molar-refractivity contribution in [2.75, 3.05) is 5.32 Å². The van der Waals surface area contributed by atoms with E-state index in [1.54, 1.807) is 35.3 Å². The van der Waals surface area contributed by atoms with Crippen molar-refractivity contribution in [2.24, 2.45) is 7.05 Å². The lowest BCUT2D eigenvalue weighted by Crippen LogP contribution is -2.31. The highest BCUT2D eigenvalue weighted by Gasteiger charge is 2.11. The van der Waals surface area contributed by atoms with Crippen LogP contribution in [0.15, 0.2) is 42.7 Å². The molecule has 0 aliphatic carbocycles. The van der Waals surface area contributed by atoms with Crippen LogP contribution < -0.4 is 10.6 Å². The Balaban J connectivity index is 1.66. The number of anilines is 1. The molecular formula is C16H16FN5O. The number of halogens is 1. The monoisotopic (exact) mass is 313 g/mol. The van der Waals surface area contributed by atoms with Gasteiger partial charge in [-0.25, -0.2) is 14.2 Å². The minimum atomic E-state index is -0.377. The van der Waals surface area contributed by atoms with Gasteiger partial charge in [-0.1, -0.05) is 12.1 Å². The average molecular weight is 313 g/mol. The Morgan fingerprint density at radius 1 is 1.26 bits per heavy atom. The number of fused-ring (bicyclic) bond motifs is 1. The summed E-state index contributed by atoms with van der Waals surface area (Å²) in [6, 6.07) is 7.13. The zero-order chi connectivity index (χ0) is 16.4. The van der Waals surface area contributed by atoms with E-state index in [2.05, 4.69) is 20.7 Å². The summed E-state index contributed by atoms with van der Waals surface area (Å²) in [5.74, 6) is 0.133. The molecule has 0 saturated carbocycles. The maximum atomic E-state index is 12.9. The quantitative estimate of drug-likeness (QED) is 0.781. The largest absolute Gasteiger partial charge is 0.331 e. The predicted molar refractivity (Wildman–Crippen MR) is 85.5 cm³/mol. The van der Waals surface area contributed by atoms with Crippen LogP contribution in [0.5, 0.6) is 0 Å². The number of nitrogens with zero attached hydrogens (tertiary/aromatic N) is 3. The Bertz CT molecular complexity index is 843. The van der Waals surface area contributed by atoms with Gasteiger partial charge in [-0.2, -0.15) is 5.10 Å². The summed E-state index contributed by atoms with van der Waals surface area (Å²) in [5, 5.41) is 10.5. The van der Waals surface area contributed by atoms with Crippen LogP contribution in [0.3, 0.4) is 0 Å². The molecule has 0 saturated heterocycles. The summed E-state index contributed by atoms with van der Waals surface area (Å²) in [6.45, 7) is 1.82. The van der Waals surface area contributed by atoms with E-state index in [1.807, 2.05) is 14.0 Å². The third kappa shape index (κ3) is 3.28. The van der Waals surface area contributed by atoms with Crippen LogP contribution in [0.25, 0.3) is 10.9 Å². The summed E-state index contributed by atoms with van der Waals surface area (Å²) >= 11 is 0. The number of nitrogens with one attached hydrogen (secondary N) is 2. The van der Waals surface area contributed by atoms with Crippen molar-refractivity contribution < 1.29 is 9.18 Å². The molecule has 23 heavy (non-hydrogen) atoms. The second-order valence-electron chi connectivity index (χ2n) is 5.27. The molecule has 0 fully saturated rings. The van der Waals surface area contributed by atoms with Gasteiger partial charge in [0.25, 0.3) is 0 Å². The Kier molecular flexibility index (Phi) is 3.92. The zero-order valence-electron chi connectivity index (χ0n) is 12.7. The summed E-state index contributed by atoms with van der Waals surface area (Å²) in [4.78, 5) is 16.2. The molecule has 0 spiro atoms. The van der Waals surface area contributed by atoms with E-state index >= 15 is 0 Å². The lowest BCUT2D eigenvalue weighted by molar-refractivity contribution is 0.249. The number of benzene rings is 1. The molecule has 6 nitrogen and oxygen atoms in total. The lowest BCUT2D eigenvalue weighted by atomic mass is 10.1. The summed E-state index contributed by atoms with van der Waals surface area (Å²) in [5.41, 5.74) is 1.70. The first kappa shape index (κ1) is 15.0. The molecule has 118 valence electrons. The molecule has 2 aromatic heterocycles. The summed E-state index contributed by atoms with van der Waals surface area (Å²) in [6.07, 6.45) is 3.36.